The van der Waals surface area contributed by atoms with Gasteiger partial charge in [0.05, 0.1) is 11.8 Å². The number of likely N-dealkylation sites (tertiary alicyclic amines) is 1. The minimum absolute atomic E-state index is 0.217. The average Bonchev–Trinajstić information content (AvgIpc) is 3.46. The molecule has 1 aromatic carbocycles. The number of amides is 4. The Hall–Kier alpha value is -3.23. The monoisotopic (exact) mass is 441 g/mol. The summed E-state index contributed by atoms with van der Waals surface area (Å²) in [5.41, 5.74) is 4.78. The lowest BCUT2D eigenvalue weighted by Gasteiger charge is -2.28. The molecule has 0 aromatic heterocycles. The Morgan fingerprint density at radius 1 is 1.00 bits per heavy atom. The fourth-order valence-electron chi connectivity index (χ4n) is 5.43. The van der Waals surface area contributed by atoms with Crippen molar-refractivity contribution in [3.63, 3.8) is 0 Å². The highest BCUT2D eigenvalue weighted by Gasteiger charge is 2.62. The SMILES string of the molecule is CC(C)[C@@H](C(=O)OCC(=O)NNC(=O)c1ccccc1)N1C(=O)[C@@H]2[C@H]3CC[C@@H](C3)[C@@H]2C1=O. The molecule has 3 fully saturated rings. The van der Waals surface area contributed by atoms with Gasteiger partial charge >= 0.3 is 5.97 Å². The van der Waals surface area contributed by atoms with Gasteiger partial charge in [0.15, 0.2) is 6.61 Å². The fraction of sp³-hybridized carbons (Fsp3) is 0.522. The minimum atomic E-state index is -1.08. The maximum atomic E-state index is 13.1. The van der Waals surface area contributed by atoms with E-state index in [9.17, 15) is 24.0 Å². The van der Waals surface area contributed by atoms with Crippen molar-refractivity contribution in [1.29, 1.82) is 0 Å². The highest BCUT2D eigenvalue weighted by atomic mass is 16.5. The molecule has 2 aliphatic carbocycles. The van der Waals surface area contributed by atoms with E-state index in [2.05, 4.69) is 10.9 Å². The van der Waals surface area contributed by atoms with Gasteiger partial charge in [-0.2, -0.15) is 0 Å². The van der Waals surface area contributed by atoms with Gasteiger partial charge < -0.3 is 4.74 Å². The molecule has 4 rings (SSSR count). The molecular formula is C23H27N3O6. The van der Waals surface area contributed by atoms with Crippen LogP contribution < -0.4 is 10.9 Å². The van der Waals surface area contributed by atoms with Crippen LogP contribution in [0.25, 0.3) is 0 Å². The predicted molar refractivity (Wildman–Crippen MR) is 111 cm³/mol. The highest BCUT2D eigenvalue weighted by molar-refractivity contribution is 6.08. The molecule has 9 heteroatoms. The molecule has 4 amide bonds. The molecule has 1 aromatic rings. The van der Waals surface area contributed by atoms with Gasteiger partial charge in [-0.25, -0.2) is 4.79 Å². The van der Waals surface area contributed by atoms with Crippen molar-refractivity contribution in [2.24, 2.45) is 29.6 Å². The number of hydrazine groups is 1. The first-order valence-electron chi connectivity index (χ1n) is 11.0. The van der Waals surface area contributed by atoms with E-state index in [0.29, 0.717) is 5.56 Å². The van der Waals surface area contributed by atoms with Gasteiger partial charge in [0, 0.05) is 5.56 Å². The van der Waals surface area contributed by atoms with Gasteiger partial charge in [0.2, 0.25) is 11.8 Å². The van der Waals surface area contributed by atoms with Crippen LogP contribution in [0.1, 0.15) is 43.5 Å². The zero-order valence-corrected chi connectivity index (χ0v) is 18.1. The predicted octanol–water partition coefficient (Wildman–Crippen LogP) is 1.05. The molecular weight excluding hydrogens is 414 g/mol. The van der Waals surface area contributed by atoms with E-state index in [0.717, 1.165) is 24.2 Å². The summed E-state index contributed by atoms with van der Waals surface area (Å²) in [6.45, 7) is 2.82. The van der Waals surface area contributed by atoms with Gasteiger partial charge in [-0.1, -0.05) is 32.0 Å². The first-order chi connectivity index (χ1) is 15.3. The zero-order valence-electron chi connectivity index (χ0n) is 18.1. The summed E-state index contributed by atoms with van der Waals surface area (Å²) in [6.07, 6.45) is 2.81. The number of nitrogens with one attached hydrogen (secondary N) is 2. The number of hydrogen-bond donors (Lipinski definition) is 2. The van der Waals surface area contributed by atoms with E-state index >= 15 is 0 Å². The van der Waals surface area contributed by atoms with Crippen LogP contribution in [0.4, 0.5) is 0 Å². The Labute approximate surface area is 185 Å². The van der Waals surface area contributed by atoms with E-state index in [1.165, 1.54) is 0 Å². The van der Waals surface area contributed by atoms with E-state index in [1.54, 1.807) is 44.2 Å². The molecule has 32 heavy (non-hydrogen) atoms. The standard InChI is InChI=1S/C23H27N3O6/c1-12(2)19(26-21(29)17-14-8-9-15(10-14)18(17)22(26)30)23(31)32-11-16(27)24-25-20(28)13-6-4-3-5-7-13/h3-7,12,14-15,17-19H,8-11H2,1-2H3,(H,24,27)(H,25,28)/t14-,15-,17-,18+,19-/m0/s1. The van der Waals surface area contributed by atoms with E-state index < -0.39 is 30.4 Å². The van der Waals surface area contributed by atoms with Gasteiger partial charge in [-0.15, -0.1) is 0 Å². The Bertz CT molecular complexity index is 918. The van der Waals surface area contributed by atoms with E-state index in [4.69, 9.17) is 4.74 Å². The molecule has 5 atom stereocenters. The van der Waals surface area contributed by atoms with Crippen molar-refractivity contribution in [2.75, 3.05) is 6.61 Å². The maximum Gasteiger partial charge on any atom is 0.330 e. The van der Waals surface area contributed by atoms with Crippen molar-refractivity contribution in [3.05, 3.63) is 35.9 Å². The topological polar surface area (TPSA) is 122 Å². The summed E-state index contributed by atoms with van der Waals surface area (Å²) in [5.74, 6) is -3.22. The second-order valence-corrected chi connectivity index (χ2v) is 9.10. The summed E-state index contributed by atoms with van der Waals surface area (Å²) >= 11 is 0. The van der Waals surface area contributed by atoms with Crippen LogP contribution >= 0.6 is 0 Å². The molecule has 2 N–H and O–H groups in total. The lowest BCUT2D eigenvalue weighted by molar-refractivity contribution is -0.162. The number of esters is 1. The summed E-state index contributed by atoms with van der Waals surface area (Å²) < 4.78 is 5.12. The van der Waals surface area contributed by atoms with E-state index in [-0.39, 0.29) is 41.4 Å². The number of benzene rings is 1. The van der Waals surface area contributed by atoms with Crippen LogP contribution in [0.2, 0.25) is 0 Å². The molecule has 1 aliphatic heterocycles. The minimum Gasteiger partial charge on any atom is -0.454 e. The zero-order chi connectivity index (χ0) is 23.0. The van der Waals surface area contributed by atoms with Crippen LogP contribution in [0.5, 0.6) is 0 Å². The van der Waals surface area contributed by atoms with Crippen molar-refractivity contribution >= 4 is 29.6 Å². The third kappa shape index (κ3) is 3.87. The summed E-state index contributed by atoms with van der Waals surface area (Å²) in [7, 11) is 0. The molecule has 0 spiro atoms. The third-order valence-corrected chi connectivity index (χ3v) is 6.81. The number of nitrogens with zero attached hydrogens (tertiary/aromatic N) is 1. The Morgan fingerprint density at radius 3 is 2.16 bits per heavy atom. The molecule has 2 bridgehead atoms. The molecule has 1 heterocycles. The molecule has 0 unspecified atom stereocenters. The first kappa shape index (κ1) is 22.0. The number of carbonyl (C=O) groups excluding carboxylic acids is 5. The molecule has 2 saturated carbocycles. The lowest BCUT2D eigenvalue weighted by atomic mass is 9.81. The summed E-state index contributed by atoms with van der Waals surface area (Å²) in [4.78, 5) is 64.0. The highest BCUT2D eigenvalue weighted by Crippen LogP contribution is 2.56. The Kier molecular flexibility index (Phi) is 5.99. The molecule has 1 saturated heterocycles. The third-order valence-electron chi connectivity index (χ3n) is 6.81. The van der Waals surface area contributed by atoms with Gasteiger partial charge in [0.1, 0.15) is 6.04 Å². The van der Waals surface area contributed by atoms with Crippen LogP contribution in [0.15, 0.2) is 30.3 Å². The van der Waals surface area contributed by atoms with Crippen molar-refractivity contribution in [3.8, 4) is 0 Å². The van der Waals surface area contributed by atoms with E-state index in [1.807, 2.05) is 0 Å². The number of rotatable bonds is 6. The molecule has 170 valence electrons. The largest absolute Gasteiger partial charge is 0.454 e. The Morgan fingerprint density at radius 2 is 1.59 bits per heavy atom. The fourth-order valence-corrected chi connectivity index (χ4v) is 5.43. The first-order valence-corrected chi connectivity index (χ1v) is 11.0. The number of fused-ring (bicyclic) bond motifs is 5. The smallest absolute Gasteiger partial charge is 0.330 e. The number of hydrogen-bond acceptors (Lipinski definition) is 6. The average molecular weight is 441 g/mol. The number of imide groups is 1. The summed E-state index contributed by atoms with van der Waals surface area (Å²) in [6, 6.07) is 7.22. The number of ether oxygens (including phenoxy) is 1. The van der Waals surface area contributed by atoms with Crippen LogP contribution in [-0.4, -0.2) is 47.1 Å². The van der Waals surface area contributed by atoms with Crippen molar-refractivity contribution in [1.82, 2.24) is 15.8 Å². The normalized spacial score (nSPS) is 26.8. The molecule has 3 aliphatic rings. The quantitative estimate of drug-likeness (QED) is 0.387. The van der Waals surface area contributed by atoms with Crippen LogP contribution in [-0.2, 0) is 23.9 Å². The van der Waals surface area contributed by atoms with Crippen LogP contribution in [0, 0.1) is 29.6 Å². The maximum absolute atomic E-state index is 13.1. The van der Waals surface area contributed by atoms with Gasteiger partial charge in [-0.05, 0) is 49.1 Å². The van der Waals surface area contributed by atoms with Crippen molar-refractivity contribution in [2.45, 2.75) is 39.2 Å². The summed E-state index contributed by atoms with van der Waals surface area (Å²) in [5, 5.41) is 0. The Balaban J connectivity index is 1.34. The second-order valence-electron chi connectivity index (χ2n) is 9.10. The van der Waals surface area contributed by atoms with Gasteiger partial charge in [-0.3, -0.25) is 34.9 Å². The van der Waals surface area contributed by atoms with Gasteiger partial charge in [0.25, 0.3) is 11.8 Å². The van der Waals surface area contributed by atoms with Crippen molar-refractivity contribution < 1.29 is 28.7 Å². The number of carbonyl (C=O) groups is 5. The molecule has 9 nitrogen and oxygen atoms in total. The second kappa shape index (κ2) is 8.72. The lowest BCUT2D eigenvalue weighted by Crippen LogP contribution is -2.50. The van der Waals surface area contributed by atoms with Crippen LogP contribution in [0.3, 0.4) is 0 Å². The molecule has 0 radical (unpaired) electrons.